The molecule has 5 nitrogen and oxygen atoms in total. The van der Waals surface area contributed by atoms with E-state index >= 15 is 0 Å². The third-order valence-electron chi connectivity index (χ3n) is 2.38. The molecule has 2 aromatic heterocycles. The normalized spacial score (nSPS) is 10.6. The zero-order valence-electron chi connectivity index (χ0n) is 8.70. The summed E-state index contributed by atoms with van der Waals surface area (Å²) in [5.74, 6) is 0.462. The van der Waals surface area contributed by atoms with Gasteiger partial charge in [0.2, 0.25) is 0 Å². The maximum atomic E-state index is 11.4. The Morgan fingerprint density at radius 1 is 1.06 bits per heavy atom. The lowest BCUT2D eigenvalue weighted by Crippen LogP contribution is -2.00. The Bertz CT molecular complexity index is 722. The summed E-state index contributed by atoms with van der Waals surface area (Å²) in [6.45, 7) is 0. The largest absolute Gasteiger partial charge is 0.423 e. The molecule has 5 heteroatoms. The van der Waals surface area contributed by atoms with Crippen molar-refractivity contribution < 1.29 is 4.42 Å². The lowest BCUT2D eigenvalue weighted by atomic mass is 10.1. The van der Waals surface area contributed by atoms with Gasteiger partial charge in [-0.05, 0) is 6.07 Å². The second-order valence-corrected chi connectivity index (χ2v) is 3.44. The van der Waals surface area contributed by atoms with Crippen LogP contribution in [0.15, 0.2) is 52.2 Å². The molecule has 0 fully saturated rings. The molecule has 0 saturated heterocycles. The van der Waals surface area contributed by atoms with Crippen molar-refractivity contribution >= 4 is 11.0 Å². The van der Waals surface area contributed by atoms with Crippen molar-refractivity contribution in [2.45, 2.75) is 0 Å². The van der Waals surface area contributed by atoms with Gasteiger partial charge in [-0.2, -0.15) is 0 Å². The lowest BCUT2D eigenvalue weighted by molar-refractivity contribution is 0.561. The number of fused-ring (bicyclic) bond motifs is 1. The van der Waals surface area contributed by atoms with E-state index in [1.165, 1.54) is 18.7 Å². The number of hydrogen-bond donors (Lipinski definition) is 0. The summed E-state index contributed by atoms with van der Waals surface area (Å²) in [4.78, 5) is 23.3. The second-order valence-electron chi connectivity index (χ2n) is 3.44. The summed E-state index contributed by atoms with van der Waals surface area (Å²) in [6.07, 6.45) is 2.79. The van der Waals surface area contributed by atoms with Crippen LogP contribution in [0.3, 0.4) is 0 Å². The molecule has 0 N–H and O–H groups in total. The van der Waals surface area contributed by atoms with Gasteiger partial charge in [0, 0.05) is 17.0 Å². The molecule has 1 aromatic carbocycles. The van der Waals surface area contributed by atoms with Gasteiger partial charge in [-0.15, -0.1) is 0 Å². The van der Waals surface area contributed by atoms with Gasteiger partial charge in [-0.1, -0.05) is 18.2 Å². The Labute approximate surface area is 95.8 Å². The molecule has 0 amide bonds. The molecular formula is C12H7N3O2. The predicted molar refractivity (Wildman–Crippen MR) is 61.3 cm³/mol. The topological polar surface area (TPSA) is 68.9 Å². The molecule has 0 aliphatic carbocycles. The lowest BCUT2D eigenvalue weighted by Gasteiger charge is -2.02. The highest BCUT2D eigenvalue weighted by Crippen LogP contribution is 2.23. The van der Waals surface area contributed by atoms with Crippen LogP contribution in [-0.2, 0) is 0 Å². The zero-order chi connectivity index (χ0) is 11.7. The fourth-order valence-corrected chi connectivity index (χ4v) is 1.67. The molecule has 0 unspecified atom stereocenters. The van der Waals surface area contributed by atoms with Crippen molar-refractivity contribution in [1.82, 2.24) is 15.0 Å². The van der Waals surface area contributed by atoms with Crippen molar-refractivity contribution in [1.29, 1.82) is 0 Å². The van der Waals surface area contributed by atoms with Crippen molar-refractivity contribution in [3.8, 4) is 11.4 Å². The summed E-state index contributed by atoms with van der Waals surface area (Å²) in [7, 11) is 0. The molecule has 0 bridgehead atoms. The molecule has 2 heterocycles. The second kappa shape index (κ2) is 3.79. The molecular weight excluding hydrogens is 218 g/mol. The predicted octanol–water partition coefficient (Wildman–Crippen LogP) is 1.64. The van der Waals surface area contributed by atoms with Crippen LogP contribution < -0.4 is 5.63 Å². The van der Waals surface area contributed by atoms with E-state index in [1.807, 2.05) is 18.2 Å². The van der Waals surface area contributed by atoms with Crippen LogP contribution in [0.4, 0.5) is 0 Å². The maximum Gasteiger partial charge on any atom is 0.336 e. The van der Waals surface area contributed by atoms with E-state index in [2.05, 4.69) is 15.0 Å². The van der Waals surface area contributed by atoms with Gasteiger partial charge in [0.25, 0.3) is 0 Å². The SMILES string of the molecule is O=c1cc(-c2ncncn2)c2ccccc2o1. The van der Waals surface area contributed by atoms with Crippen molar-refractivity contribution in [2.24, 2.45) is 0 Å². The van der Waals surface area contributed by atoms with E-state index in [0.29, 0.717) is 17.0 Å². The van der Waals surface area contributed by atoms with Crippen LogP contribution in [0.25, 0.3) is 22.4 Å². The Morgan fingerprint density at radius 2 is 1.82 bits per heavy atom. The number of rotatable bonds is 1. The zero-order valence-corrected chi connectivity index (χ0v) is 8.70. The highest BCUT2D eigenvalue weighted by atomic mass is 16.4. The van der Waals surface area contributed by atoms with E-state index in [0.717, 1.165) is 5.39 Å². The molecule has 17 heavy (non-hydrogen) atoms. The van der Waals surface area contributed by atoms with E-state index < -0.39 is 5.63 Å². The van der Waals surface area contributed by atoms with Crippen LogP contribution in [-0.4, -0.2) is 15.0 Å². The molecule has 3 rings (SSSR count). The average molecular weight is 225 g/mol. The van der Waals surface area contributed by atoms with Gasteiger partial charge in [0.1, 0.15) is 18.2 Å². The van der Waals surface area contributed by atoms with Crippen molar-refractivity contribution in [3.63, 3.8) is 0 Å². The van der Waals surface area contributed by atoms with Crippen LogP contribution in [0, 0.1) is 0 Å². The summed E-state index contributed by atoms with van der Waals surface area (Å²) in [5, 5.41) is 0.804. The summed E-state index contributed by atoms with van der Waals surface area (Å²) >= 11 is 0. The first kappa shape index (κ1) is 9.65. The maximum absolute atomic E-state index is 11.4. The van der Waals surface area contributed by atoms with Crippen LogP contribution in [0.5, 0.6) is 0 Å². The minimum atomic E-state index is -0.417. The summed E-state index contributed by atoms with van der Waals surface area (Å²) in [6, 6.07) is 8.66. The number of benzene rings is 1. The number of hydrogen-bond acceptors (Lipinski definition) is 5. The van der Waals surface area contributed by atoms with Gasteiger partial charge < -0.3 is 4.42 Å². The Hall–Kier alpha value is -2.56. The van der Waals surface area contributed by atoms with Gasteiger partial charge in [-0.3, -0.25) is 0 Å². The fraction of sp³-hybridized carbons (Fsp3) is 0. The molecule has 0 aliphatic rings. The van der Waals surface area contributed by atoms with Gasteiger partial charge in [0.15, 0.2) is 5.82 Å². The van der Waals surface area contributed by atoms with Gasteiger partial charge >= 0.3 is 5.63 Å². The van der Waals surface area contributed by atoms with E-state index in [1.54, 1.807) is 6.07 Å². The standard InChI is InChI=1S/C12H7N3O2/c16-11-5-9(12-14-6-13-7-15-12)8-3-1-2-4-10(8)17-11/h1-7H. The number of para-hydroxylation sites is 1. The Kier molecular flexibility index (Phi) is 2.15. The molecule has 0 radical (unpaired) electrons. The summed E-state index contributed by atoms with van der Waals surface area (Å²) in [5.41, 5.74) is 0.758. The Balaban J connectivity index is 2.40. The highest BCUT2D eigenvalue weighted by molar-refractivity contribution is 5.90. The van der Waals surface area contributed by atoms with Gasteiger partial charge in [0.05, 0.1) is 0 Å². The van der Waals surface area contributed by atoms with Crippen LogP contribution in [0.2, 0.25) is 0 Å². The molecule has 0 spiro atoms. The van der Waals surface area contributed by atoms with Crippen LogP contribution >= 0.6 is 0 Å². The molecule has 0 aliphatic heterocycles. The molecule has 0 saturated carbocycles. The molecule has 0 atom stereocenters. The Morgan fingerprint density at radius 3 is 2.65 bits per heavy atom. The van der Waals surface area contributed by atoms with E-state index in [9.17, 15) is 4.79 Å². The third-order valence-corrected chi connectivity index (χ3v) is 2.38. The van der Waals surface area contributed by atoms with Crippen molar-refractivity contribution in [3.05, 3.63) is 53.4 Å². The monoisotopic (exact) mass is 225 g/mol. The van der Waals surface area contributed by atoms with E-state index in [-0.39, 0.29) is 0 Å². The third kappa shape index (κ3) is 1.67. The fourth-order valence-electron chi connectivity index (χ4n) is 1.67. The first-order valence-corrected chi connectivity index (χ1v) is 5.00. The minimum Gasteiger partial charge on any atom is -0.423 e. The first-order chi connectivity index (χ1) is 8.34. The number of aromatic nitrogens is 3. The smallest absolute Gasteiger partial charge is 0.336 e. The number of nitrogens with zero attached hydrogens (tertiary/aromatic N) is 3. The quantitative estimate of drug-likeness (QED) is 0.589. The first-order valence-electron chi connectivity index (χ1n) is 5.00. The van der Waals surface area contributed by atoms with Crippen molar-refractivity contribution in [2.75, 3.05) is 0 Å². The summed E-state index contributed by atoms with van der Waals surface area (Å²) < 4.78 is 5.10. The van der Waals surface area contributed by atoms with E-state index in [4.69, 9.17) is 4.42 Å². The molecule has 82 valence electrons. The average Bonchev–Trinajstić information content (AvgIpc) is 2.39. The van der Waals surface area contributed by atoms with Crippen LogP contribution in [0.1, 0.15) is 0 Å². The molecule has 3 aromatic rings. The minimum absolute atomic E-state index is 0.417. The van der Waals surface area contributed by atoms with Gasteiger partial charge in [-0.25, -0.2) is 19.7 Å². The highest BCUT2D eigenvalue weighted by Gasteiger charge is 2.08.